The lowest BCUT2D eigenvalue weighted by Gasteiger charge is -2.08. The molecular weight excluding hydrogens is 265 g/mol. The van der Waals surface area contributed by atoms with Crippen molar-refractivity contribution >= 4 is 40.2 Å². The van der Waals surface area contributed by atoms with E-state index < -0.39 is 0 Å². The molecule has 2 N–H and O–H groups in total. The van der Waals surface area contributed by atoms with Crippen LogP contribution in [0.2, 0.25) is 8.67 Å². The maximum absolute atomic E-state index is 6.10. The van der Waals surface area contributed by atoms with Crippen molar-refractivity contribution in [3.63, 3.8) is 0 Å². The highest BCUT2D eigenvalue weighted by Crippen LogP contribution is 2.42. The third kappa shape index (κ3) is 2.12. The normalized spacial score (nSPS) is 10.4. The van der Waals surface area contributed by atoms with E-state index in [-0.39, 0.29) is 0 Å². The Hall–Kier alpha value is -0.900. The molecular formula is C11H9Cl2NOS. The molecule has 0 atom stereocenters. The topological polar surface area (TPSA) is 35.2 Å². The molecule has 2 aromatic rings. The largest absolute Gasteiger partial charge is 0.496 e. The predicted molar refractivity (Wildman–Crippen MR) is 70.7 cm³/mol. The zero-order valence-electron chi connectivity index (χ0n) is 8.46. The zero-order valence-corrected chi connectivity index (χ0v) is 10.8. The molecule has 2 rings (SSSR count). The van der Waals surface area contributed by atoms with Crippen molar-refractivity contribution in [3.8, 4) is 16.9 Å². The molecule has 0 aliphatic carbocycles. The van der Waals surface area contributed by atoms with E-state index in [0.717, 1.165) is 16.9 Å². The fraction of sp³-hybridized carbons (Fsp3) is 0.0909. The average Bonchev–Trinajstić information content (AvgIpc) is 2.57. The second kappa shape index (κ2) is 4.53. The van der Waals surface area contributed by atoms with Crippen LogP contribution in [0, 0.1) is 0 Å². The molecule has 0 fully saturated rings. The Kier molecular flexibility index (Phi) is 3.28. The summed E-state index contributed by atoms with van der Waals surface area (Å²) in [4.78, 5) is 0. The van der Waals surface area contributed by atoms with E-state index >= 15 is 0 Å². The summed E-state index contributed by atoms with van der Waals surface area (Å²) in [5.74, 6) is 0.727. The number of anilines is 1. The van der Waals surface area contributed by atoms with Gasteiger partial charge in [0, 0.05) is 16.8 Å². The summed E-state index contributed by atoms with van der Waals surface area (Å²) in [5, 5.41) is 0. The first-order valence-corrected chi connectivity index (χ1v) is 6.08. The Morgan fingerprint density at radius 3 is 2.50 bits per heavy atom. The van der Waals surface area contributed by atoms with Gasteiger partial charge < -0.3 is 10.5 Å². The van der Waals surface area contributed by atoms with Crippen LogP contribution in [0.5, 0.6) is 5.75 Å². The molecule has 0 unspecified atom stereocenters. The third-order valence-corrected chi connectivity index (χ3v) is 3.66. The summed E-state index contributed by atoms with van der Waals surface area (Å²) in [5.41, 5.74) is 8.11. The lowest BCUT2D eigenvalue weighted by molar-refractivity contribution is 0.416. The van der Waals surface area contributed by atoms with Crippen LogP contribution in [0.1, 0.15) is 0 Å². The summed E-state index contributed by atoms with van der Waals surface area (Å²) in [6, 6.07) is 7.23. The number of nitrogen functional groups attached to an aromatic ring is 1. The van der Waals surface area contributed by atoms with Crippen molar-refractivity contribution < 1.29 is 4.74 Å². The first-order chi connectivity index (χ1) is 7.61. The highest BCUT2D eigenvalue weighted by Gasteiger charge is 2.13. The van der Waals surface area contributed by atoms with E-state index in [2.05, 4.69) is 0 Å². The molecule has 1 aromatic heterocycles. The molecule has 0 bridgehead atoms. The standard InChI is InChI=1S/C11H9Cl2NOS/c1-15-9-3-2-6(14)4-7(9)8-5-10(12)16-11(8)13/h2-5H,14H2,1H3. The number of methoxy groups -OCH3 is 1. The van der Waals surface area contributed by atoms with Gasteiger partial charge in [-0.05, 0) is 24.3 Å². The molecule has 16 heavy (non-hydrogen) atoms. The van der Waals surface area contributed by atoms with Crippen molar-refractivity contribution in [2.75, 3.05) is 12.8 Å². The Balaban J connectivity index is 2.62. The Morgan fingerprint density at radius 1 is 1.19 bits per heavy atom. The van der Waals surface area contributed by atoms with Crippen molar-refractivity contribution in [3.05, 3.63) is 32.9 Å². The average molecular weight is 274 g/mol. The zero-order chi connectivity index (χ0) is 11.7. The van der Waals surface area contributed by atoms with Crippen LogP contribution >= 0.6 is 34.5 Å². The molecule has 5 heteroatoms. The predicted octanol–water partition coefficient (Wildman–Crippen LogP) is 4.31. The SMILES string of the molecule is COc1ccc(N)cc1-c1cc(Cl)sc1Cl. The van der Waals surface area contributed by atoms with Gasteiger partial charge in [-0.25, -0.2) is 0 Å². The van der Waals surface area contributed by atoms with Crippen LogP contribution in [0.15, 0.2) is 24.3 Å². The molecule has 0 saturated heterocycles. The lowest BCUT2D eigenvalue weighted by atomic mass is 10.1. The van der Waals surface area contributed by atoms with Crippen molar-refractivity contribution in [2.45, 2.75) is 0 Å². The molecule has 2 nitrogen and oxygen atoms in total. The smallest absolute Gasteiger partial charge is 0.126 e. The van der Waals surface area contributed by atoms with Gasteiger partial charge in [-0.2, -0.15) is 0 Å². The van der Waals surface area contributed by atoms with Gasteiger partial charge in [0.2, 0.25) is 0 Å². The van der Waals surface area contributed by atoms with Gasteiger partial charge in [0.05, 0.1) is 11.4 Å². The highest BCUT2D eigenvalue weighted by atomic mass is 35.5. The van der Waals surface area contributed by atoms with Gasteiger partial charge in [-0.1, -0.05) is 23.2 Å². The van der Waals surface area contributed by atoms with Crippen LogP contribution in [0.25, 0.3) is 11.1 Å². The van der Waals surface area contributed by atoms with Gasteiger partial charge >= 0.3 is 0 Å². The number of rotatable bonds is 2. The third-order valence-electron chi connectivity index (χ3n) is 2.17. The van der Waals surface area contributed by atoms with E-state index in [1.54, 1.807) is 13.2 Å². The molecule has 0 amide bonds. The molecule has 1 aromatic carbocycles. The second-order valence-corrected chi connectivity index (χ2v) is 5.48. The maximum Gasteiger partial charge on any atom is 0.126 e. The van der Waals surface area contributed by atoms with Crippen LogP contribution in [-0.2, 0) is 0 Å². The van der Waals surface area contributed by atoms with Gasteiger partial charge in [-0.15, -0.1) is 11.3 Å². The molecule has 84 valence electrons. The van der Waals surface area contributed by atoms with Gasteiger partial charge in [0.25, 0.3) is 0 Å². The fourth-order valence-electron chi connectivity index (χ4n) is 1.46. The van der Waals surface area contributed by atoms with Gasteiger partial charge in [-0.3, -0.25) is 0 Å². The lowest BCUT2D eigenvalue weighted by Crippen LogP contribution is -1.90. The van der Waals surface area contributed by atoms with Crippen molar-refractivity contribution in [1.29, 1.82) is 0 Å². The first-order valence-electron chi connectivity index (χ1n) is 4.50. The summed E-state index contributed by atoms with van der Waals surface area (Å²) >= 11 is 13.3. The number of hydrogen-bond acceptors (Lipinski definition) is 3. The van der Waals surface area contributed by atoms with E-state index in [9.17, 15) is 0 Å². The molecule has 0 aliphatic heterocycles. The van der Waals surface area contributed by atoms with Crippen LogP contribution in [0.3, 0.4) is 0 Å². The molecule has 1 heterocycles. The Labute approximate surface area is 108 Å². The van der Waals surface area contributed by atoms with Gasteiger partial charge in [0.1, 0.15) is 10.1 Å². The van der Waals surface area contributed by atoms with E-state index in [1.807, 2.05) is 18.2 Å². The second-order valence-electron chi connectivity index (χ2n) is 3.20. The maximum atomic E-state index is 6.10. The van der Waals surface area contributed by atoms with E-state index in [4.69, 9.17) is 33.7 Å². The Bertz CT molecular complexity index is 525. The van der Waals surface area contributed by atoms with Crippen LogP contribution in [-0.4, -0.2) is 7.11 Å². The Morgan fingerprint density at radius 2 is 1.94 bits per heavy atom. The minimum atomic E-state index is 0.633. The number of thiophene rings is 1. The molecule has 0 aliphatic rings. The molecule has 0 saturated carbocycles. The quantitative estimate of drug-likeness (QED) is 0.828. The summed E-state index contributed by atoms with van der Waals surface area (Å²) in [7, 11) is 1.61. The summed E-state index contributed by atoms with van der Waals surface area (Å²) in [6.45, 7) is 0. The van der Waals surface area contributed by atoms with Gasteiger partial charge in [0.15, 0.2) is 0 Å². The van der Waals surface area contributed by atoms with E-state index in [1.165, 1.54) is 11.3 Å². The number of nitrogens with two attached hydrogens (primary N) is 1. The van der Waals surface area contributed by atoms with Crippen molar-refractivity contribution in [2.24, 2.45) is 0 Å². The minimum Gasteiger partial charge on any atom is -0.496 e. The number of ether oxygens (including phenoxy) is 1. The van der Waals surface area contributed by atoms with Crippen LogP contribution in [0.4, 0.5) is 5.69 Å². The molecule has 0 spiro atoms. The summed E-state index contributed by atoms with van der Waals surface area (Å²) in [6.07, 6.45) is 0. The van der Waals surface area contributed by atoms with E-state index in [0.29, 0.717) is 14.4 Å². The number of halogens is 2. The van der Waals surface area contributed by atoms with Crippen LogP contribution < -0.4 is 10.5 Å². The monoisotopic (exact) mass is 273 g/mol. The van der Waals surface area contributed by atoms with Crippen molar-refractivity contribution in [1.82, 2.24) is 0 Å². The highest BCUT2D eigenvalue weighted by molar-refractivity contribution is 7.20. The molecule has 0 radical (unpaired) electrons. The fourth-order valence-corrected chi connectivity index (χ4v) is 2.95. The first kappa shape index (κ1) is 11.6. The number of benzene rings is 1. The minimum absolute atomic E-state index is 0.633. The number of hydrogen-bond donors (Lipinski definition) is 1. The summed E-state index contributed by atoms with van der Waals surface area (Å²) < 4.78 is 6.54.